The number of fused-ring (bicyclic) bond motifs is 1. The molecule has 3 aromatic heterocycles. The molecule has 1 aliphatic heterocycles. The monoisotopic (exact) mass is 354 g/mol. The molecule has 0 saturated carbocycles. The van der Waals surface area contributed by atoms with Gasteiger partial charge in [-0.2, -0.15) is 10.2 Å². The summed E-state index contributed by atoms with van der Waals surface area (Å²) in [6, 6.07) is 2.06. The standard InChI is InChI=1S/C19H26N6O/c1-23-13-17(12-21-23)15-9-18(26-2)19-16(11-22-25(19)14-15)10-20-5-8-24-6-3-4-7-24/h9,11-14,20H,3-8,10H2,1-2H3. The van der Waals surface area contributed by atoms with Gasteiger partial charge in [-0.1, -0.05) is 0 Å². The second kappa shape index (κ2) is 7.47. The number of hydrogen-bond donors (Lipinski definition) is 1. The number of pyridine rings is 1. The third-order valence-corrected chi connectivity index (χ3v) is 5.03. The van der Waals surface area contributed by atoms with Gasteiger partial charge in [-0.15, -0.1) is 0 Å². The quantitative estimate of drug-likeness (QED) is 0.657. The molecular formula is C19H26N6O. The molecule has 0 aliphatic carbocycles. The topological polar surface area (TPSA) is 59.6 Å². The summed E-state index contributed by atoms with van der Waals surface area (Å²) in [5.74, 6) is 0.834. The van der Waals surface area contributed by atoms with Gasteiger partial charge in [0.2, 0.25) is 0 Å². The van der Waals surface area contributed by atoms with Crippen molar-refractivity contribution in [1.29, 1.82) is 0 Å². The van der Waals surface area contributed by atoms with Gasteiger partial charge in [0.1, 0.15) is 11.3 Å². The highest BCUT2D eigenvalue weighted by atomic mass is 16.5. The SMILES string of the molecule is COc1cc(-c2cnn(C)c2)cn2ncc(CNCCN3CCCC3)c12. The minimum atomic E-state index is 0.792. The number of ether oxygens (including phenoxy) is 1. The fourth-order valence-corrected chi connectivity index (χ4v) is 3.63. The van der Waals surface area contributed by atoms with Gasteiger partial charge in [0, 0.05) is 55.8 Å². The Hall–Kier alpha value is -2.38. The van der Waals surface area contributed by atoms with Crippen molar-refractivity contribution in [3.63, 3.8) is 0 Å². The van der Waals surface area contributed by atoms with Crippen molar-refractivity contribution in [1.82, 2.24) is 29.6 Å². The Labute approximate surface area is 153 Å². The molecule has 0 radical (unpaired) electrons. The number of nitrogens with zero attached hydrogens (tertiary/aromatic N) is 5. The first kappa shape index (κ1) is 17.1. The van der Waals surface area contributed by atoms with E-state index >= 15 is 0 Å². The van der Waals surface area contributed by atoms with Crippen molar-refractivity contribution in [2.24, 2.45) is 7.05 Å². The number of likely N-dealkylation sites (tertiary alicyclic amines) is 1. The maximum absolute atomic E-state index is 5.66. The number of aromatic nitrogens is 4. The maximum atomic E-state index is 5.66. The van der Waals surface area contributed by atoms with E-state index in [0.717, 1.165) is 47.6 Å². The van der Waals surface area contributed by atoms with Gasteiger partial charge < -0.3 is 15.0 Å². The van der Waals surface area contributed by atoms with E-state index in [0.29, 0.717) is 0 Å². The minimum Gasteiger partial charge on any atom is -0.494 e. The lowest BCUT2D eigenvalue weighted by molar-refractivity contribution is 0.336. The van der Waals surface area contributed by atoms with Crippen LogP contribution in [0.5, 0.6) is 5.75 Å². The lowest BCUT2D eigenvalue weighted by Crippen LogP contribution is -2.29. The van der Waals surface area contributed by atoms with Crippen LogP contribution < -0.4 is 10.1 Å². The molecule has 1 saturated heterocycles. The van der Waals surface area contributed by atoms with Crippen LogP contribution >= 0.6 is 0 Å². The van der Waals surface area contributed by atoms with Crippen LogP contribution in [0, 0.1) is 0 Å². The summed E-state index contributed by atoms with van der Waals surface area (Å²) >= 11 is 0. The highest BCUT2D eigenvalue weighted by molar-refractivity contribution is 5.72. The first-order valence-corrected chi connectivity index (χ1v) is 9.21. The van der Waals surface area contributed by atoms with Crippen LogP contribution in [0.2, 0.25) is 0 Å². The number of rotatable bonds is 7. The zero-order valence-electron chi connectivity index (χ0n) is 15.5. The average molecular weight is 354 g/mol. The lowest BCUT2D eigenvalue weighted by Gasteiger charge is -2.14. The van der Waals surface area contributed by atoms with E-state index in [-0.39, 0.29) is 0 Å². The Balaban J connectivity index is 1.51. The molecule has 1 aliphatic rings. The van der Waals surface area contributed by atoms with E-state index < -0.39 is 0 Å². The molecule has 3 aromatic rings. The van der Waals surface area contributed by atoms with Crippen molar-refractivity contribution >= 4 is 5.52 Å². The van der Waals surface area contributed by atoms with Crippen molar-refractivity contribution < 1.29 is 4.74 Å². The largest absolute Gasteiger partial charge is 0.494 e. The highest BCUT2D eigenvalue weighted by Gasteiger charge is 2.14. The van der Waals surface area contributed by atoms with Crippen LogP contribution in [0.25, 0.3) is 16.6 Å². The Morgan fingerprint density at radius 2 is 1.96 bits per heavy atom. The van der Waals surface area contributed by atoms with Crippen LogP contribution in [0.3, 0.4) is 0 Å². The minimum absolute atomic E-state index is 0.792. The predicted molar refractivity (Wildman–Crippen MR) is 101 cm³/mol. The van der Waals surface area contributed by atoms with Gasteiger partial charge in [0.05, 0.1) is 19.5 Å². The normalized spacial score (nSPS) is 15.2. The molecule has 4 heterocycles. The van der Waals surface area contributed by atoms with E-state index in [1.807, 2.05) is 36.4 Å². The van der Waals surface area contributed by atoms with Crippen LogP contribution in [0.4, 0.5) is 0 Å². The van der Waals surface area contributed by atoms with Crippen LogP contribution in [-0.4, -0.2) is 57.6 Å². The fourth-order valence-electron chi connectivity index (χ4n) is 3.63. The lowest BCUT2D eigenvalue weighted by atomic mass is 10.1. The van der Waals surface area contributed by atoms with Crippen molar-refractivity contribution in [3.05, 3.63) is 36.4 Å². The Kier molecular flexibility index (Phi) is 4.90. The van der Waals surface area contributed by atoms with Gasteiger partial charge in [-0.3, -0.25) is 4.68 Å². The first-order chi connectivity index (χ1) is 12.7. The molecular weight excluding hydrogens is 328 g/mol. The molecule has 0 amide bonds. The molecule has 26 heavy (non-hydrogen) atoms. The maximum Gasteiger partial charge on any atom is 0.145 e. The second-order valence-corrected chi connectivity index (χ2v) is 6.89. The third-order valence-electron chi connectivity index (χ3n) is 5.03. The van der Waals surface area contributed by atoms with Crippen LogP contribution in [-0.2, 0) is 13.6 Å². The first-order valence-electron chi connectivity index (χ1n) is 9.21. The summed E-state index contributed by atoms with van der Waals surface area (Å²) in [6.45, 7) is 5.38. The molecule has 0 atom stereocenters. The summed E-state index contributed by atoms with van der Waals surface area (Å²) < 4.78 is 9.36. The fraction of sp³-hybridized carbons (Fsp3) is 0.474. The molecule has 0 bridgehead atoms. The van der Waals surface area contributed by atoms with Crippen molar-refractivity contribution in [2.75, 3.05) is 33.3 Å². The second-order valence-electron chi connectivity index (χ2n) is 6.89. The molecule has 4 rings (SSSR count). The Morgan fingerprint density at radius 1 is 1.12 bits per heavy atom. The zero-order chi connectivity index (χ0) is 17.9. The molecule has 1 fully saturated rings. The summed E-state index contributed by atoms with van der Waals surface area (Å²) in [5.41, 5.74) is 4.27. The smallest absolute Gasteiger partial charge is 0.145 e. The Morgan fingerprint density at radius 3 is 2.69 bits per heavy atom. The molecule has 0 unspecified atom stereocenters. The van der Waals surface area contributed by atoms with E-state index in [4.69, 9.17) is 4.74 Å². The predicted octanol–water partition coefficient (Wildman–Crippen LogP) is 1.93. The summed E-state index contributed by atoms with van der Waals surface area (Å²) in [6.07, 6.45) is 10.5. The number of hydrogen-bond acceptors (Lipinski definition) is 5. The molecule has 0 spiro atoms. The van der Waals surface area contributed by atoms with Gasteiger partial charge in [-0.25, -0.2) is 4.52 Å². The van der Waals surface area contributed by atoms with E-state index in [2.05, 4.69) is 26.5 Å². The molecule has 0 aromatic carbocycles. The third kappa shape index (κ3) is 3.45. The Bertz CT molecular complexity index is 877. The zero-order valence-corrected chi connectivity index (χ0v) is 15.5. The van der Waals surface area contributed by atoms with E-state index in [1.165, 1.54) is 25.9 Å². The number of methoxy groups -OCH3 is 1. The molecule has 7 nitrogen and oxygen atoms in total. The number of nitrogens with one attached hydrogen (secondary N) is 1. The summed E-state index contributed by atoms with van der Waals surface area (Å²) in [7, 11) is 3.62. The highest BCUT2D eigenvalue weighted by Crippen LogP contribution is 2.29. The summed E-state index contributed by atoms with van der Waals surface area (Å²) in [4.78, 5) is 2.52. The molecule has 138 valence electrons. The number of aryl methyl sites for hydroxylation is 1. The van der Waals surface area contributed by atoms with Gasteiger partial charge in [-0.05, 0) is 32.0 Å². The van der Waals surface area contributed by atoms with Gasteiger partial charge in [0.15, 0.2) is 0 Å². The van der Waals surface area contributed by atoms with Crippen LogP contribution in [0.1, 0.15) is 18.4 Å². The van der Waals surface area contributed by atoms with Crippen molar-refractivity contribution in [2.45, 2.75) is 19.4 Å². The molecule has 1 N–H and O–H groups in total. The summed E-state index contributed by atoms with van der Waals surface area (Å²) in [5, 5.41) is 12.3. The molecule has 7 heteroatoms. The average Bonchev–Trinajstić information content (AvgIpc) is 3.39. The van der Waals surface area contributed by atoms with E-state index in [1.54, 1.807) is 11.8 Å². The van der Waals surface area contributed by atoms with Gasteiger partial charge in [0.25, 0.3) is 0 Å². The van der Waals surface area contributed by atoms with E-state index in [9.17, 15) is 0 Å². The van der Waals surface area contributed by atoms with Crippen LogP contribution in [0.15, 0.2) is 30.9 Å². The van der Waals surface area contributed by atoms with Crippen molar-refractivity contribution in [3.8, 4) is 16.9 Å². The van der Waals surface area contributed by atoms with Gasteiger partial charge >= 0.3 is 0 Å².